The number of nitrogens with zero attached hydrogens (tertiary/aromatic N) is 1. The number of aromatic nitrogens is 2. The molecule has 1 aliphatic heterocycles. The molecule has 0 bridgehead atoms. The third-order valence-electron chi connectivity index (χ3n) is 5.68. The van der Waals surface area contributed by atoms with Crippen molar-refractivity contribution in [2.75, 3.05) is 0 Å². The molecular weight excluding hydrogens is 415 g/mol. The number of carbonyl (C=O) groups is 2. The second kappa shape index (κ2) is 7.09. The molecule has 2 aromatic heterocycles. The fourth-order valence-electron chi connectivity index (χ4n) is 4.08. The number of halogens is 1. The van der Waals surface area contributed by atoms with Gasteiger partial charge in [0, 0.05) is 28.7 Å². The van der Waals surface area contributed by atoms with Gasteiger partial charge in [-0.2, -0.15) is 0 Å². The Hall–Kier alpha value is -4.40. The van der Waals surface area contributed by atoms with E-state index >= 15 is 0 Å². The lowest BCUT2D eigenvalue weighted by molar-refractivity contribution is -0.124. The number of aromatic hydroxyl groups is 1. The third-order valence-corrected chi connectivity index (χ3v) is 5.68. The van der Waals surface area contributed by atoms with E-state index < -0.39 is 23.3 Å². The van der Waals surface area contributed by atoms with Gasteiger partial charge in [0.2, 0.25) is 0 Å². The van der Waals surface area contributed by atoms with Crippen molar-refractivity contribution in [3.63, 3.8) is 0 Å². The lowest BCUT2D eigenvalue weighted by Gasteiger charge is -2.27. The van der Waals surface area contributed by atoms with Crippen LogP contribution in [0, 0.1) is 5.82 Å². The number of amides is 3. The van der Waals surface area contributed by atoms with E-state index in [0.717, 1.165) is 0 Å². The summed E-state index contributed by atoms with van der Waals surface area (Å²) < 4.78 is 15.0. The fourth-order valence-corrected chi connectivity index (χ4v) is 4.08. The molecule has 0 aliphatic carbocycles. The predicted octanol–water partition coefficient (Wildman–Crippen LogP) is 2.58. The summed E-state index contributed by atoms with van der Waals surface area (Å²) in [5.41, 5.74) is -0.202. The van der Waals surface area contributed by atoms with Gasteiger partial charge in [-0.25, -0.2) is 9.18 Å². The molecule has 0 radical (unpaired) electrons. The van der Waals surface area contributed by atoms with E-state index in [4.69, 9.17) is 0 Å². The van der Waals surface area contributed by atoms with Gasteiger partial charge in [0.25, 0.3) is 11.5 Å². The van der Waals surface area contributed by atoms with Crippen molar-refractivity contribution in [2.24, 2.45) is 0 Å². The number of nitrogens with one attached hydrogen (secondary N) is 3. The highest BCUT2D eigenvalue weighted by atomic mass is 19.1. The third kappa shape index (κ3) is 3.02. The molecule has 2 aromatic carbocycles. The van der Waals surface area contributed by atoms with Crippen LogP contribution in [0.15, 0.2) is 71.8 Å². The summed E-state index contributed by atoms with van der Waals surface area (Å²) in [4.78, 5) is 39.6. The Labute approximate surface area is 180 Å². The van der Waals surface area contributed by atoms with E-state index in [0.29, 0.717) is 27.5 Å². The average molecular weight is 432 g/mol. The molecule has 8 nitrogen and oxygen atoms in total. The minimum atomic E-state index is -1.51. The molecule has 9 heteroatoms. The molecule has 1 aliphatic rings. The number of carbonyl (C=O) groups excluding carboxylic acids is 2. The van der Waals surface area contributed by atoms with Gasteiger partial charge in [0.15, 0.2) is 11.4 Å². The number of aromatic amines is 1. The van der Waals surface area contributed by atoms with Crippen molar-refractivity contribution >= 4 is 22.7 Å². The van der Waals surface area contributed by atoms with Gasteiger partial charge in [0.05, 0.1) is 6.54 Å². The molecule has 4 aromatic rings. The highest BCUT2D eigenvalue weighted by molar-refractivity contribution is 6.07. The van der Waals surface area contributed by atoms with Gasteiger partial charge in [0.1, 0.15) is 5.82 Å². The largest absolute Gasteiger partial charge is 0.494 e. The summed E-state index contributed by atoms with van der Waals surface area (Å²) in [6.07, 6.45) is 3.12. The van der Waals surface area contributed by atoms with Crippen molar-refractivity contribution in [1.82, 2.24) is 20.2 Å². The molecule has 4 N–H and O–H groups in total. The lowest BCUT2D eigenvalue weighted by atomic mass is 9.88. The normalized spacial score (nSPS) is 18.0. The first-order chi connectivity index (χ1) is 15.4. The number of pyridine rings is 1. The lowest BCUT2D eigenvalue weighted by Crippen LogP contribution is -2.47. The molecule has 1 fully saturated rings. The first kappa shape index (κ1) is 19.6. The number of rotatable bonds is 4. The number of hydrogen-bond acceptors (Lipinski definition) is 4. The first-order valence-corrected chi connectivity index (χ1v) is 9.77. The Morgan fingerprint density at radius 1 is 1.03 bits per heavy atom. The number of hydrogen-bond donors (Lipinski definition) is 4. The fraction of sp³-hybridized carbons (Fsp3) is 0.0870. The molecule has 1 atom stereocenters. The molecule has 1 saturated heterocycles. The summed E-state index contributed by atoms with van der Waals surface area (Å²) in [5.74, 6) is -1.31. The summed E-state index contributed by atoms with van der Waals surface area (Å²) in [6, 6.07) is 13.4. The molecular formula is C23H17FN4O4. The molecule has 5 rings (SSSR count). The maximum atomic E-state index is 13.6. The monoisotopic (exact) mass is 432 g/mol. The summed E-state index contributed by atoms with van der Waals surface area (Å²) in [7, 11) is 0. The van der Waals surface area contributed by atoms with Gasteiger partial charge in [-0.1, -0.05) is 24.3 Å². The smallest absolute Gasteiger partial charge is 0.322 e. The number of H-pyrrole nitrogens is 1. The summed E-state index contributed by atoms with van der Waals surface area (Å²) in [5, 5.41) is 16.4. The van der Waals surface area contributed by atoms with Crippen LogP contribution in [0.1, 0.15) is 5.56 Å². The van der Waals surface area contributed by atoms with Crippen LogP contribution in [-0.2, 0) is 16.9 Å². The van der Waals surface area contributed by atoms with Crippen LogP contribution < -0.4 is 16.2 Å². The van der Waals surface area contributed by atoms with Crippen LogP contribution >= 0.6 is 0 Å². The van der Waals surface area contributed by atoms with E-state index in [1.54, 1.807) is 42.6 Å². The van der Waals surface area contributed by atoms with Gasteiger partial charge >= 0.3 is 6.03 Å². The van der Waals surface area contributed by atoms with Gasteiger partial charge in [-0.3, -0.25) is 14.9 Å². The van der Waals surface area contributed by atoms with Crippen molar-refractivity contribution in [1.29, 1.82) is 0 Å². The molecule has 3 amide bonds. The zero-order valence-corrected chi connectivity index (χ0v) is 16.6. The van der Waals surface area contributed by atoms with Crippen LogP contribution in [0.25, 0.3) is 21.9 Å². The van der Waals surface area contributed by atoms with E-state index in [9.17, 15) is 23.9 Å². The number of urea groups is 1. The molecule has 0 saturated carbocycles. The van der Waals surface area contributed by atoms with Gasteiger partial charge < -0.3 is 20.0 Å². The van der Waals surface area contributed by atoms with Crippen molar-refractivity contribution in [2.45, 2.75) is 12.1 Å². The van der Waals surface area contributed by atoms with Crippen molar-refractivity contribution in [3.8, 4) is 17.0 Å². The highest BCUT2D eigenvalue weighted by Gasteiger charge is 2.48. The van der Waals surface area contributed by atoms with Crippen LogP contribution in [-0.4, -0.2) is 26.6 Å². The Bertz CT molecular complexity index is 1440. The van der Waals surface area contributed by atoms with Crippen LogP contribution in [0.5, 0.6) is 5.88 Å². The predicted molar refractivity (Wildman–Crippen MR) is 114 cm³/mol. The highest BCUT2D eigenvalue weighted by Crippen LogP contribution is 2.34. The van der Waals surface area contributed by atoms with Gasteiger partial charge in [-0.05, 0) is 41.5 Å². The number of benzene rings is 2. The molecule has 32 heavy (non-hydrogen) atoms. The quantitative estimate of drug-likeness (QED) is 0.371. The van der Waals surface area contributed by atoms with E-state index in [2.05, 4.69) is 15.6 Å². The Balaban J connectivity index is 1.59. The Morgan fingerprint density at radius 2 is 1.81 bits per heavy atom. The molecule has 1 unspecified atom stereocenters. The minimum absolute atomic E-state index is 0.127. The van der Waals surface area contributed by atoms with E-state index in [-0.39, 0.29) is 18.0 Å². The zero-order chi connectivity index (χ0) is 22.5. The van der Waals surface area contributed by atoms with Crippen LogP contribution in [0.2, 0.25) is 0 Å². The van der Waals surface area contributed by atoms with Crippen molar-refractivity contribution < 1.29 is 19.1 Å². The standard InChI is InChI=1S/C23H17FN4O4/c24-16-8-5-14-11-28(20(30)18(14)10-16)12-23(21(31)26-22(32)27-23)15-6-3-13(4-7-15)17-2-1-9-25-19(17)29/h1-11,30H,12H2,(H,25,29)(H2,26,27,31,32). The summed E-state index contributed by atoms with van der Waals surface area (Å²) >= 11 is 0. The average Bonchev–Trinajstić information content (AvgIpc) is 3.24. The van der Waals surface area contributed by atoms with Crippen molar-refractivity contribution in [3.05, 3.63) is 88.7 Å². The van der Waals surface area contributed by atoms with E-state index in [1.807, 2.05) is 0 Å². The molecule has 0 spiro atoms. The zero-order valence-electron chi connectivity index (χ0n) is 16.6. The van der Waals surface area contributed by atoms with E-state index in [1.165, 1.54) is 29.0 Å². The van der Waals surface area contributed by atoms with Gasteiger partial charge in [-0.15, -0.1) is 0 Å². The minimum Gasteiger partial charge on any atom is -0.494 e. The molecule has 160 valence electrons. The number of fused-ring (bicyclic) bond motifs is 1. The molecule has 3 heterocycles. The maximum absolute atomic E-state index is 13.6. The maximum Gasteiger partial charge on any atom is 0.322 e. The Kier molecular flexibility index (Phi) is 4.33. The number of imide groups is 1. The Morgan fingerprint density at radius 3 is 2.50 bits per heavy atom. The topological polar surface area (TPSA) is 116 Å². The van der Waals surface area contributed by atoms with Crippen LogP contribution in [0.3, 0.4) is 0 Å². The second-order valence-electron chi connectivity index (χ2n) is 7.62. The van der Waals surface area contributed by atoms with Crippen LogP contribution in [0.4, 0.5) is 9.18 Å². The summed E-state index contributed by atoms with van der Waals surface area (Å²) in [6.45, 7) is -0.127. The second-order valence-corrected chi connectivity index (χ2v) is 7.62. The SMILES string of the molecule is O=C1NC(=O)C(Cn2cc3ccc(F)cc3c2O)(c2ccc(-c3ccc[nH]c3=O)cc2)N1. The first-order valence-electron chi connectivity index (χ1n) is 9.77.